The summed E-state index contributed by atoms with van der Waals surface area (Å²) in [5.74, 6) is -0.0769. The Hall–Kier alpha value is -1.01. The first-order chi connectivity index (χ1) is 6.43. The number of amides is 1. The van der Waals surface area contributed by atoms with Crippen LogP contribution in [0.2, 0.25) is 0 Å². The number of nitrogens with zero attached hydrogens (tertiary/aromatic N) is 2. The molecule has 78 valence electrons. The molecule has 0 aliphatic carbocycles. The molecule has 0 spiro atoms. The third kappa shape index (κ3) is 2.49. The lowest BCUT2D eigenvalue weighted by Gasteiger charge is -2.19. The van der Waals surface area contributed by atoms with Crippen molar-refractivity contribution in [2.45, 2.75) is 17.6 Å². The van der Waals surface area contributed by atoms with E-state index in [1.165, 1.54) is 11.8 Å². The van der Waals surface area contributed by atoms with Crippen molar-refractivity contribution in [1.82, 2.24) is 9.55 Å². The van der Waals surface area contributed by atoms with Gasteiger partial charge in [0.1, 0.15) is 5.54 Å². The molecular weight excluding hydrogens is 200 g/mol. The number of imidazole rings is 1. The molecule has 1 aromatic heterocycles. The van der Waals surface area contributed by atoms with E-state index in [-0.39, 0.29) is 0 Å². The van der Waals surface area contributed by atoms with Crippen LogP contribution in [0.25, 0.3) is 0 Å². The zero-order valence-electron chi connectivity index (χ0n) is 8.23. The maximum atomic E-state index is 10.9. The minimum Gasteiger partial charge on any atom is -0.368 e. The molecule has 6 heteroatoms. The summed E-state index contributed by atoms with van der Waals surface area (Å²) >= 11 is 1.41. The Morgan fingerprint density at radius 2 is 2.43 bits per heavy atom. The van der Waals surface area contributed by atoms with E-state index in [9.17, 15) is 4.79 Å². The second-order valence-electron chi connectivity index (χ2n) is 3.39. The Kier molecular flexibility index (Phi) is 3.17. The summed E-state index contributed by atoms with van der Waals surface area (Å²) in [7, 11) is 1.88. The highest BCUT2D eigenvalue weighted by Gasteiger charge is 2.26. The number of carbonyl (C=O) groups excluding carboxylic acids is 1. The highest BCUT2D eigenvalue weighted by molar-refractivity contribution is 7.99. The van der Waals surface area contributed by atoms with Gasteiger partial charge in [-0.1, -0.05) is 11.8 Å². The quantitative estimate of drug-likeness (QED) is 0.675. The molecule has 4 N–H and O–H groups in total. The summed E-state index contributed by atoms with van der Waals surface area (Å²) in [6, 6.07) is 0. The van der Waals surface area contributed by atoms with Gasteiger partial charge in [0.05, 0.1) is 0 Å². The predicted octanol–water partition coefficient (Wildman–Crippen LogP) is -0.285. The normalized spacial score (nSPS) is 15.1. The minimum atomic E-state index is -0.989. The van der Waals surface area contributed by atoms with E-state index < -0.39 is 11.4 Å². The number of aryl methyl sites for hydroxylation is 1. The lowest BCUT2D eigenvalue weighted by atomic mass is 10.1. The largest absolute Gasteiger partial charge is 0.368 e. The average molecular weight is 214 g/mol. The molecule has 1 unspecified atom stereocenters. The van der Waals surface area contributed by atoms with Gasteiger partial charge in [-0.05, 0) is 6.92 Å². The Morgan fingerprint density at radius 3 is 2.86 bits per heavy atom. The molecule has 0 saturated heterocycles. The van der Waals surface area contributed by atoms with E-state index in [2.05, 4.69) is 4.98 Å². The lowest BCUT2D eigenvalue weighted by molar-refractivity contribution is -0.121. The molecular formula is C8H14N4OS. The number of nitrogens with two attached hydrogens (primary N) is 2. The molecule has 0 aliphatic heterocycles. The van der Waals surface area contributed by atoms with Crippen LogP contribution in [0.5, 0.6) is 0 Å². The van der Waals surface area contributed by atoms with E-state index in [0.29, 0.717) is 5.75 Å². The van der Waals surface area contributed by atoms with Crippen molar-refractivity contribution in [1.29, 1.82) is 0 Å². The van der Waals surface area contributed by atoms with E-state index in [1.807, 2.05) is 17.8 Å². The van der Waals surface area contributed by atoms with E-state index >= 15 is 0 Å². The Bertz CT molecular complexity index is 334. The van der Waals surface area contributed by atoms with Gasteiger partial charge in [0.25, 0.3) is 0 Å². The fourth-order valence-corrected chi connectivity index (χ4v) is 1.75. The lowest BCUT2D eigenvalue weighted by Crippen LogP contribution is -2.51. The van der Waals surface area contributed by atoms with Crippen molar-refractivity contribution in [3.05, 3.63) is 12.4 Å². The Morgan fingerprint density at radius 1 is 1.79 bits per heavy atom. The molecule has 0 radical (unpaired) electrons. The third-order valence-electron chi connectivity index (χ3n) is 1.84. The van der Waals surface area contributed by atoms with E-state index in [1.54, 1.807) is 13.1 Å². The van der Waals surface area contributed by atoms with Gasteiger partial charge in [-0.2, -0.15) is 0 Å². The Labute approximate surface area is 86.9 Å². The second-order valence-corrected chi connectivity index (χ2v) is 4.33. The highest BCUT2D eigenvalue weighted by atomic mass is 32.2. The van der Waals surface area contributed by atoms with Crippen LogP contribution in [0, 0.1) is 0 Å². The fraction of sp³-hybridized carbons (Fsp3) is 0.500. The fourth-order valence-electron chi connectivity index (χ4n) is 0.777. The van der Waals surface area contributed by atoms with Crippen molar-refractivity contribution >= 4 is 17.7 Å². The number of carbonyl (C=O) groups is 1. The number of hydrogen-bond donors (Lipinski definition) is 2. The third-order valence-corrected chi connectivity index (χ3v) is 3.24. The first-order valence-corrected chi connectivity index (χ1v) is 5.11. The molecule has 0 saturated carbocycles. The maximum absolute atomic E-state index is 10.9. The zero-order valence-corrected chi connectivity index (χ0v) is 9.04. The predicted molar refractivity (Wildman–Crippen MR) is 55.7 cm³/mol. The molecule has 14 heavy (non-hydrogen) atoms. The van der Waals surface area contributed by atoms with Crippen molar-refractivity contribution in [2.75, 3.05) is 5.75 Å². The van der Waals surface area contributed by atoms with Crippen molar-refractivity contribution in [3.63, 3.8) is 0 Å². The van der Waals surface area contributed by atoms with Crippen LogP contribution in [0.15, 0.2) is 17.6 Å². The summed E-state index contributed by atoms with van der Waals surface area (Å²) in [4.78, 5) is 15.0. The van der Waals surface area contributed by atoms with Crippen LogP contribution in [-0.2, 0) is 11.8 Å². The van der Waals surface area contributed by atoms with Gasteiger partial charge in [0, 0.05) is 25.2 Å². The Balaban J connectivity index is 2.57. The summed E-state index contributed by atoms with van der Waals surface area (Å²) in [6.45, 7) is 1.62. The molecule has 1 aromatic rings. The molecule has 1 rings (SSSR count). The number of hydrogen-bond acceptors (Lipinski definition) is 4. The maximum Gasteiger partial charge on any atom is 0.238 e. The SMILES string of the molecule is Cn1ccnc1SCC(C)(N)C(N)=O. The van der Waals surface area contributed by atoms with Gasteiger partial charge in [-0.25, -0.2) is 4.98 Å². The molecule has 1 atom stereocenters. The molecule has 0 aliphatic rings. The van der Waals surface area contributed by atoms with Gasteiger partial charge in [-0.3, -0.25) is 4.79 Å². The first-order valence-electron chi connectivity index (χ1n) is 4.12. The second kappa shape index (κ2) is 4.02. The molecule has 0 aromatic carbocycles. The van der Waals surface area contributed by atoms with E-state index in [4.69, 9.17) is 11.5 Å². The highest BCUT2D eigenvalue weighted by Crippen LogP contribution is 2.18. The summed E-state index contributed by atoms with van der Waals surface area (Å²) in [5.41, 5.74) is 9.85. The summed E-state index contributed by atoms with van der Waals surface area (Å²) in [5, 5.41) is 0.822. The number of primary amides is 1. The smallest absolute Gasteiger partial charge is 0.238 e. The number of thioether (sulfide) groups is 1. The van der Waals surface area contributed by atoms with Crippen LogP contribution in [0.4, 0.5) is 0 Å². The standard InChI is InChI=1S/C8H14N4OS/c1-8(10,6(9)13)5-14-7-11-3-4-12(7)2/h3-4H,5,10H2,1-2H3,(H2,9,13). The zero-order chi connectivity index (χ0) is 10.8. The van der Waals surface area contributed by atoms with Crippen LogP contribution in [-0.4, -0.2) is 26.8 Å². The molecule has 0 bridgehead atoms. The molecule has 1 heterocycles. The van der Waals surface area contributed by atoms with Crippen molar-refractivity contribution in [3.8, 4) is 0 Å². The molecule has 0 fully saturated rings. The number of aromatic nitrogens is 2. The van der Waals surface area contributed by atoms with E-state index in [0.717, 1.165) is 5.16 Å². The summed E-state index contributed by atoms with van der Waals surface area (Å²) in [6.07, 6.45) is 3.53. The van der Waals surface area contributed by atoms with Gasteiger partial charge >= 0.3 is 0 Å². The van der Waals surface area contributed by atoms with Gasteiger partial charge in [0.2, 0.25) is 5.91 Å². The minimum absolute atomic E-state index is 0.424. The van der Waals surface area contributed by atoms with Crippen molar-refractivity contribution < 1.29 is 4.79 Å². The monoisotopic (exact) mass is 214 g/mol. The van der Waals surface area contributed by atoms with Gasteiger partial charge < -0.3 is 16.0 Å². The van der Waals surface area contributed by atoms with Crippen LogP contribution in [0.3, 0.4) is 0 Å². The van der Waals surface area contributed by atoms with Gasteiger partial charge in [0.15, 0.2) is 5.16 Å². The van der Waals surface area contributed by atoms with Crippen molar-refractivity contribution in [2.24, 2.45) is 18.5 Å². The molecule has 1 amide bonds. The van der Waals surface area contributed by atoms with Crippen LogP contribution in [0.1, 0.15) is 6.92 Å². The van der Waals surface area contributed by atoms with Crippen LogP contribution < -0.4 is 11.5 Å². The molecule has 5 nitrogen and oxygen atoms in total. The average Bonchev–Trinajstić information content (AvgIpc) is 2.47. The van der Waals surface area contributed by atoms with Gasteiger partial charge in [-0.15, -0.1) is 0 Å². The van der Waals surface area contributed by atoms with Crippen LogP contribution >= 0.6 is 11.8 Å². The summed E-state index contributed by atoms with van der Waals surface area (Å²) < 4.78 is 1.86. The number of rotatable bonds is 4. The topological polar surface area (TPSA) is 86.9 Å². The first kappa shape index (κ1) is 11.1.